The van der Waals surface area contributed by atoms with E-state index in [4.69, 9.17) is 67.5 Å². The second kappa shape index (κ2) is 6.34. The fourth-order valence-electron chi connectivity index (χ4n) is 1.75. The number of hydrogen-bond donors (Lipinski definition) is 0. The van der Waals surface area contributed by atoms with Crippen molar-refractivity contribution < 1.29 is 9.47 Å². The first-order valence-corrected chi connectivity index (χ1v) is 9.60. The van der Waals surface area contributed by atoms with Crippen LogP contribution in [0.4, 0.5) is 0 Å². The van der Waals surface area contributed by atoms with Gasteiger partial charge in [0, 0.05) is 0 Å². The molecular weight excluding hydrogens is 593 g/mol. The maximum Gasteiger partial charge on any atom is 0.191 e. The highest BCUT2D eigenvalue weighted by Gasteiger charge is 2.33. The Morgan fingerprint density at radius 1 is 0.455 bits per heavy atom. The van der Waals surface area contributed by atoms with Crippen molar-refractivity contribution in [1.82, 2.24) is 0 Å². The lowest BCUT2D eigenvalue weighted by molar-refractivity contribution is 0.358. The average molecular weight is 593 g/mol. The molecule has 0 aromatic heterocycles. The highest BCUT2D eigenvalue weighted by molar-refractivity contribution is 9.14. The summed E-state index contributed by atoms with van der Waals surface area (Å²) in [5.41, 5.74) is 0. The first kappa shape index (κ1) is 17.7. The third kappa shape index (κ3) is 2.57. The molecule has 0 unspecified atom stereocenters. The summed E-state index contributed by atoms with van der Waals surface area (Å²) in [5, 5.41) is 0.638. The largest absolute Gasteiger partial charge is 0.446 e. The van der Waals surface area contributed by atoms with Crippen LogP contribution in [0, 0.1) is 0 Å². The topological polar surface area (TPSA) is 18.5 Å². The van der Waals surface area contributed by atoms with Gasteiger partial charge >= 0.3 is 0 Å². The van der Waals surface area contributed by atoms with Gasteiger partial charge in [-0.2, -0.15) is 0 Å². The van der Waals surface area contributed by atoms with E-state index in [0.717, 1.165) is 0 Å². The lowest BCUT2D eigenvalue weighted by atomic mass is 10.2. The summed E-state index contributed by atoms with van der Waals surface area (Å²) in [6.45, 7) is 0. The maximum absolute atomic E-state index is 6.28. The molecule has 0 amide bonds. The van der Waals surface area contributed by atoms with Crippen LogP contribution in [0.25, 0.3) is 0 Å². The smallest absolute Gasteiger partial charge is 0.191 e. The van der Waals surface area contributed by atoms with Gasteiger partial charge < -0.3 is 9.47 Å². The maximum atomic E-state index is 6.28. The second-order valence-corrected chi connectivity index (χ2v) is 8.30. The third-order valence-electron chi connectivity index (χ3n) is 2.77. The van der Waals surface area contributed by atoms with Gasteiger partial charge in [0.25, 0.3) is 0 Å². The van der Waals surface area contributed by atoms with Crippen molar-refractivity contribution in [3.63, 3.8) is 0 Å². The molecular formula is C12Br3Cl5O2. The summed E-state index contributed by atoms with van der Waals surface area (Å²) in [6, 6.07) is 0. The predicted octanol–water partition coefficient (Wildman–Crippen LogP) is 9.14. The molecule has 0 bridgehead atoms. The molecule has 0 atom stereocenters. The van der Waals surface area contributed by atoms with Crippen LogP contribution >= 0.6 is 106 Å². The number of benzene rings is 2. The Balaban J connectivity index is 2.32. The molecule has 2 nitrogen and oxygen atoms in total. The van der Waals surface area contributed by atoms with E-state index in [0.29, 0.717) is 24.2 Å². The van der Waals surface area contributed by atoms with Crippen LogP contribution in [0.15, 0.2) is 13.4 Å². The molecule has 22 heavy (non-hydrogen) atoms. The van der Waals surface area contributed by atoms with E-state index in [1.165, 1.54) is 0 Å². The normalized spacial score (nSPS) is 12.4. The van der Waals surface area contributed by atoms with Crippen molar-refractivity contribution in [2.75, 3.05) is 0 Å². The second-order valence-electron chi connectivity index (χ2n) is 4.03. The number of ether oxygens (including phenoxy) is 2. The van der Waals surface area contributed by atoms with E-state index < -0.39 is 0 Å². The van der Waals surface area contributed by atoms with Gasteiger partial charge in [0.05, 0.1) is 23.5 Å². The average Bonchev–Trinajstić information content (AvgIpc) is 2.52. The lowest BCUT2D eigenvalue weighted by Gasteiger charge is -2.26. The summed E-state index contributed by atoms with van der Waals surface area (Å²) < 4.78 is 13.4. The fraction of sp³-hybridized carbons (Fsp3) is 0. The molecule has 0 fully saturated rings. The Labute approximate surface area is 175 Å². The van der Waals surface area contributed by atoms with E-state index in [-0.39, 0.29) is 37.3 Å². The van der Waals surface area contributed by atoms with Gasteiger partial charge in [-0.3, -0.25) is 0 Å². The van der Waals surface area contributed by atoms with Gasteiger partial charge in [0.15, 0.2) is 23.0 Å². The monoisotopic (exact) mass is 588 g/mol. The van der Waals surface area contributed by atoms with E-state index in [1.807, 2.05) is 0 Å². The Morgan fingerprint density at radius 3 is 1.36 bits per heavy atom. The summed E-state index contributed by atoms with van der Waals surface area (Å²) >= 11 is 40.8. The zero-order valence-electron chi connectivity index (χ0n) is 9.84. The van der Waals surface area contributed by atoms with Gasteiger partial charge in [-0.25, -0.2) is 0 Å². The SMILES string of the molecule is Clc1c(Cl)c(Cl)c2c(c1Cl)Oc1c(Cl)c(Br)c(Br)c(Br)c1O2. The van der Waals surface area contributed by atoms with Crippen LogP contribution < -0.4 is 9.47 Å². The molecule has 2 aromatic carbocycles. The molecule has 0 saturated carbocycles. The number of halogens is 8. The highest BCUT2D eigenvalue weighted by Crippen LogP contribution is 2.61. The molecule has 3 rings (SSSR count). The third-order valence-corrected chi connectivity index (χ3v) is 8.54. The molecule has 0 saturated heterocycles. The molecule has 1 heterocycles. The Kier molecular flexibility index (Phi) is 5.11. The molecule has 116 valence electrons. The molecule has 10 heteroatoms. The molecule has 0 radical (unpaired) electrons. The first-order valence-electron chi connectivity index (χ1n) is 5.33. The summed E-state index contributed by atoms with van der Waals surface area (Å²) in [4.78, 5) is 0. The van der Waals surface area contributed by atoms with Gasteiger partial charge in [-0.05, 0) is 47.8 Å². The number of fused-ring (bicyclic) bond motifs is 2. The van der Waals surface area contributed by atoms with Crippen LogP contribution in [-0.4, -0.2) is 0 Å². The molecule has 1 aliphatic rings. The fourth-order valence-corrected chi connectivity index (χ4v) is 4.46. The van der Waals surface area contributed by atoms with Crippen molar-refractivity contribution in [3.05, 3.63) is 38.5 Å². The van der Waals surface area contributed by atoms with Crippen molar-refractivity contribution >= 4 is 106 Å². The minimum absolute atomic E-state index is 0.0745. The summed E-state index contributed by atoms with van der Waals surface area (Å²) in [6.07, 6.45) is 0. The Bertz CT molecular complexity index is 705. The van der Waals surface area contributed by atoms with Gasteiger partial charge in [0.2, 0.25) is 0 Å². The van der Waals surface area contributed by atoms with Gasteiger partial charge in [0.1, 0.15) is 15.1 Å². The Hall–Kier alpha value is 0.930. The first-order chi connectivity index (χ1) is 10.3. The standard InChI is InChI=1S/C12Br3Cl5O2/c13-1-2(14)4(16)10-9(3(1)15)21-11-7(19)5(17)6(18)8(20)12(11)22-10. The van der Waals surface area contributed by atoms with Crippen molar-refractivity contribution in [2.45, 2.75) is 0 Å². The zero-order chi connectivity index (χ0) is 16.3. The van der Waals surface area contributed by atoms with Crippen molar-refractivity contribution in [3.8, 4) is 23.0 Å². The summed E-state index contributed by atoms with van der Waals surface area (Å²) in [5.74, 6) is 0.924. The predicted molar refractivity (Wildman–Crippen MR) is 101 cm³/mol. The minimum Gasteiger partial charge on any atom is -0.446 e. The lowest BCUT2D eigenvalue weighted by Crippen LogP contribution is -2.03. The summed E-state index contributed by atoms with van der Waals surface area (Å²) in [7, 11) is 0. The van der Waals surface area contributed by atoms with Gasteiger partial charge in [-0.1, -0.05) is 58.0 Å². The molecule has 0 spiro atoms. The number of hydrogen-bond acceptors (Lipinski definition) is 2. The van der Waals surface area contributed by atoms with Crippen LogP contribution in [0.2, 0.25) is 25.1 Å². The van der Waals surface area contributed by atoms with E-state index in [2.05, 4.69) is 47.8 Å². The van der Waals surface area contributed by atoms with E-state index in [9.17, 15) is 0 Å². The highest BCUT2D eigenvalue weighted by atomic mass is 79.9. The van der Waals surface area contributed by atoms with Crippen molar-refractivity contribution in [2.24, 2.45) is 0 Å². The van der Waals surface area contributed by atoms with Gasteiger partial charge in [-0.15, -0.1) is 0 Å². The molecule has 2 aromatic rings. The molecule has 1 aliphatic heterocycles. The van der Waals surface area contributed by atoms with Crippen LogP contribution in [0.3, 0.4) is 0 Å². The quantitative estimate of drug-likeness (QED) is 0.191. The van der Waals surface area contributed by atoms with Crippen LogP contribution in [-0.2, 0) is 0 Å². The molecule has 0 N–H and O–H groups in total. The minimum atomic E-state index is 0.0745. The van der Waals surface area contributed by atoms with Crippen LogP contribution in [0.1, 0.15) is 0 Å². The molecule has 0 aliphatic carbocycles. The number of rotatable bonds is 0. The zero-order valence-corrected chi connectivity index (χ0v) is 18.4. The van der Waals surface area contributed by atoms with E-state index >= 15 is 0 Å². The van der Waals surface area contributed by atoms with Crippen LogP contribution in [0.5, 0.6) is 23.0 Å². The van der Waals surface area contributed by atoms with E-state index in [1.54, 1.807) is 0 Å². The Morgan fingerprint density at radius 2 is 0.864 bits per heavy atom. The van der Waals surface area contributed by atoms with Crippen molar-refractivity contribution in [1.29, 1.82) is 0 Å².